The Bertz CT molecular complexity index is 531. The Morgan fingerprint density at radius 2 is 2.35 bits per heavy atom. The van der Waals surface area contributed by atoms with Crippen LogP contribution in [-0.2, 0) is 17.1 Å². The highest BCUT2D eigenvalue weighted by Gasteiger charge is 2.38. The van der Waals surface area contributed by atoms with Crippen molar-refractivity contribution in [3.63, 3.8) is 0 Å². The summed E-state index contributed by atoms with van der Waals surface area (Å²) in [6.45, 7) is 3.89. The van der Waals surface area contributed by atoms with E-state index in [4.69, 9.17) is 5.73 Å². The van der Waals surface area contributed by atoms with Crippen LogP contribution in [0, 0.1) is 0 Å². The molecule has 7 heteroatoms. The summed E-state index contributed by atoms with van der Waals surface area (Å²) in [5.41, 5.74) is 5.62. The maximum absolute atomic E-state index is 12.4. The number of rotatable bonds is 5. The van der Waals surface area contributed by atoms with Crippen molar-refractivity contribution in [2.45, 2.75) is 23.8 Å². The van der Waals surface area contributed by atoms with Gasteiger partial charge in [-0.05, 0) is 12.8 Å². The molecule has 2 N–H and O–H groups in total. The second-order valence-corrected chi connectivity index (χ2v) is 6.01. The normalized spacial score (nSPS) is 16.4. The fraction of sp³-hybridized carbons (Fsp3) is 0.500. The monoisotopic (exact) mass is 256 g/mol. The lowest BCUT2D eigenvalue weighted by atomic mass is 10.6. The van der Waals surface area contributed by atoms with Crippen LogP contribution in [-0.4, -0.2) is 35.1 Å². The van der Waals surface area contributed by atoms with Crippen molar-refractivity contribution in [1.82, 2.24) is 14.1 Å². The Balaban J connectivity index is 2.40. The van der Waals surface area contributed by atoms with E-state index < -0.39 is 10.0 Å². The molecule has 1 saturated carbocycles. The van der Waals surface area contributed by atoms with E-state index in [2.05, 4.69) is 11.7 Å². The first-order valence-corrected chi connectivity index (χ1v) is 6.82. The number of aryl methyl sites for hydroxylation is 1. The van der Waals surface area contributed by atoms with Gasteiger partial charge in [-0.1, -0.05) is 6.08 Å². The smallest absolute Gasteiger partial charge is 0.248 e. The second-order valence-electron chi connectivity index (χ2n) is 4.15. The molecule has 0 spiro atoms. The first kappa shape index (κ1) is 12.1. The quantitative estimate of drug-likeness (QED) is 0.770. The van der Waals surface area contributed by atoms with Crippen molar-refractivity contribution >= 4 is 15.8 Å². The molecule has 1 heterocycles. The molecule has 1 fully saturated rings. The number of hydrogen-bond acceptors (Lipinski definition) is 4. The molecule has 0 bridgehead atoms. The summed E-state index contributed by atoms with van der Waals surface area (Å²) in [4.78, 5) is 0.0775. The van der Waals surface area contributed by atoms with Gasteiger partial charge in [0.1, 0.15) is 4.90 Å². The summed E-state index contributed by atoms with van der Waals surface area (Å²) >= 11 is 0. The Kier molecular flexibility index (Phi) is 2.96. The van der Waals surface area contributed by atoms with Crippen molar-refractivity contribution in [3.05, 3.63) is 18.9 Å². The van der Waals surface area contributed by atoms with Gasteiger partial charge in [0, 0.05) is 25.8 Å². The lowest BCUT2D eigenvalue weighted by Gasteiger charge is -2.19. The molecule has 6 nitrogen and oxygen atoms in total. The predicted octanol–water partition coefficient (Wildman–Crippen LogP) is 0.341. The molecule has 2 rings (SSSR count). The summed E-state index contributed by atoms with van der Waals surface area (Å²) in [5.74, 6) is 0.0437. The molecule has 0 aliphatic heterocycles. The molecule has 17 heavy (non-hydrogen) atoms. The van der Waals surface area contributed by atoms with Crippen LogP contribution >= 0.6 is 0 Å². The summed E-state index contributed by atoms with van der Waals surface area (Å²) in [6.07, 6.45) is 4.81. The summed E-state index contributed by atoms with van der Waals surface area (Å²) in [5, 5.41) is 3.86. The minimum absolute atomic E-state index is 0.0437. The van der Waals surface area contributed by atoms with Crippen LogP contribution in [0.4, 0.5) is 5.82 Å². The van der Waals surface area contributed by atoms with Gasteiger partial charge < -0.3 is 5.73 Å². The van der Waals surface area contributed by atoms with E-state index in [-0.39, 0.29) is 16.8 Å². The number of anilines is 1. The minimum atomic E-state index is -3.56. The predicted molar refractivity (Wildman–Crippen MR) is 64.7 cm³/mol. The highest BCUT2D eigenvalue weighted by Crippen LogP contribution is 2.33. The van der Waals surface area contributed by atoms with E-state index in [1.807, 2.05) is 0 Å². The third kappa shape index (κ3) is 2.20. The van der Waals surface area contributed by atoms with Crippen LogP contribution in [0.15, 0.2) is 23.7 Å². The van der Waals surface area contributed by atoms with Crippen molar-refractivity contribution in [2.24, 2.45) is 7.05 Å². The molecular formula is C10H16N4O2S. The molecule has 0 radical (unpaired) electrons. The van der Waals surface area contributed by atoms with E-state index in [0.29, 0.717) is 6.54 Å². The molecule has 0 saturated heterocycles. The van der Waals surface area contributed by atoms with Crippen LogP contribution in [0.1, 0.15) is 12.8 Å². The van der Waals surface area contributed by atoms with Gasteiger partial charge in [-0.15, -0.1) is 6.58 Å². The molecule has 0 atom stereocenters. The Morgan fingerprint density at radius 1 is 1.71 bits per heavy atom. The maximum Gasteiger partial charge on any atom is 0.248 e. The van der Waals surface area contributed by atoms with Gasteiger partial charge >= 0.3 is 0 Å². The van der Waals surface area contributed by atoms with E-state index in [0.717, 1.165) is 12.8 Å². The van der Waals surface area contributed by atoms with Crippen LogP contribution in [0.5, 0.6) is 0 Å². The summed E-state index contributed by atoms with van der Waals surface area (Å²) < 4.78 is 27.6. The lowest BCUT2D eigenvalue weighted by molar-refractivity contribution is 0.436. The Hall–Kier alpha value is -1.34. The average Bonchev–Trinajstić information content (AvgIpc) is 3.00. The first-order chi connectivity index (χ1) is 7.96. The zero-order valence-corrected chi connectivity index (χ0v) is 10.5. The molecule has 1 aliphatic rings. The number of aromatic nitrogens is 2. The van der Waals surface area contributed by atoms with Gasteiger partial charge in [0.2, 0.25) is 10.0 Å². The molecule has 0 unspecified atom stereocenters. The third-order valence-corrected chi connectivity index (χ3v) is 4.61. The van der Waals surface area contributed by atoms with E-state index in [9.17, 15) is 8.42 Å². The molecule has 0 amide bonds. The maximum atomic E-state index is 12.4. The third-order valence-electron chi connectivity index (χ3n) is 2.67. The van der Waals surface area contributed by atoms with Crippen molar-refractivity contribution < 1.29 is 8.42 Å². The minimum Gasteiger partial charge on any atom is -0.381 e. The van der Waals surface area contributed by atoms with Crippen molar-refractivity contribution in [2.75, 3.05) is 12.3 Å². The number of nitrogen functional groups attached to an aromatic ring is 1. The highest BCUT2D eigenvalue weighted by molar-refractivity contribution is 7.89. The topological polar surface area (TPSA) is 81.2 Å². The van der Waals surface area contributed by atoms with Crippen molar-refractivity contribution in [3.8, 4) is 0 Å². The van der Waals surface area contributed by atoms with Gasteiger partial charge in [-0.2, -0.15) is 9.40 Å². The molecule has 1 aliphatic carbocycles. The van der Waals surface area contributed by atoms with Gasteiger partial charge in [0.25, 0.3) is 0 Å². The van der Waals surface area contributed by atoms with Crippen molar-refractivity contribution in [1.29, 1.82) is 0 Å². The van der Waals surface area contributed by atoms with Crippen LogP contribution in [0.25, 0.3) is 0 Å². The number of sulfonamides is 1. The van der Waals surface area contributed by atoms with E-state index in [1.54, 1.807) is 13.1 Å². The van der Waals surface area contributed by atoms with Gasteiger partial charge in [-0.3, -0.25) is 4.68 Å². The lowest BCUT2D eigenvalue weighted by Crippen LogP contribution is -2.33. The molecule has 0 aromatic carbocycles. The van der Waals surface area contributed by atoms with E-state index in [1.165, 1.54) is 15.2 Å². The SMILES string of the molecule is C=CCN(C1CC1)S(=O)(=O)c1cn(C)nc1N. The van der Waals surface area contributed by atoms with Crippen LogP contribution in [0.3, 0.4) is 0 Å². The number of hydrogen-bond donors (Lipinski definition) is 1. The second kappa shape index (κ2) is 4.15. The standard InChI is InChI=1S/C10H16N4O2S/c1-3-6-14(8-4-5-8)17(15,16)9-7-13(2)12-10(9)11/h3,7-8H,1,4-6H2,2H3,(H2,11,12). The number of nitrogens with two attached hydrogens (primary N) is 1. The van der Waals surface area contributed by atoms with Gasteiger partial charge in [-0.25, -0.2) is 8.42 Å². The summed E-state index contributed by atoms with van der Waals surface area (Å²) in [7, 11) is -1.91. The molecule has 94 valence electrons. The zero-order chi connectivity index (χ0) is 12.6. The molecule has 1 aromatic rings. The Morgan fingerprint density at radius 3 is 2.76 bits per heavy atom. The van der Waals surface area contributed by atoms with Crippen LogP contribution in [0.2, 0.25) is 0 Å². The van der Waals surface area contributed by atoms with E-state index >= 15 is 0 Å². The zero-order valence-electron chi connectivity index (χ0n) is 9.70. The molecular weight excluding hydrogens is 240 g/mol. The fourth-order valence-corrected chi connectivity index (χ4v) is 3.49. The number of nitrogens with zero attached hydrogens (tertiary/aromatic N) is 3. The molecule has 1 aromatic heterocycles. The fourth-order valence-electron chi connectivity index (χ4n) is 1.74. The summed E-state index contributed by atoms with van der Waals surface area (Å²) in [6, 6.07) is 0.0811. The Labute approximate surface area is 101 Å². The highest BCUT2D eigenvalue weighted by atomic mass is 32.2. The van der Waals surface area contributed by atoms with Crippen LogP contribution < -0.4 is 5.73 Å². The largest absolute Gasteiger partial charge is 0.381 e. The first-order valence-electron chi connectivity index (χ1n) is 5.38. The van der Waals surface area contributed by atoms with Gasteiger partial charge in [0.05, 0.1) is 0 Å². The average molecular weight is 256 g/mol. The van der Waals surface area contributed by atoms with Gasteiger partial charge in [0.15, 0.2) is 5.82 Å².